The molecule has 0 saturated heterocycles. The molecule has 0 aliphatic rings. The van der Waals surface area contributed by atoms with Gasteiger partial charge in [-0.3, -0.25) is 4.79 Å². The largest absolute Gasteiger partial charge is 0.359 e. The number of nitrogens with one attached hydrogen (secondary N) is 1. The third-order valence-corrected chi connectivity index (χ3v) is 2.25. The Labute approximate surface area is 98.7 Å². The minimum atomic E-state index is 0.0595. The van der Waals surface area contributed by atoms with Crippen LogP contribution in [0.15, 0.2) is 0 Å². The number of hydrogen-bond acceptors (Lipinski definition) is 3. The summed E-state index contributed by atoms with van der Waals surface area (Å²) in [5.74, 6) is 0.196. The van der Waals surface area contributed by atoms with E-state index in [2.05, 4.69) is 12.2 Å². The van der Waals surface area contributed by atoms with Gasteiger partial charge in [0.25, 0.3) is 0 Å². The second-order valence-electron chi connectivity index (χ2n) is 4.25. The Bertz CT molecular complexity index is 183. The third kappa shape index (κ3) is 7.65. The van der Waals surface area contributed by atoms with Gasteiger partial charge in [0.2, 0.25) is 5.91 Å². The van der Waals surface area contributed by atoms with Crippen LogP contribution >= 0.6 is 0 Å². The summed E-state index contributed by atoms with van der Waals surface area (Å²) in [6, 6.07) is 0.201. The zero-order valence-corrected chi connectivity index (χ0v) is 10.9. The van der Waals surface area contributed by atoms with Crippen molar-refractivity contribution in [3.05, 3.63) is 0 Å². The number of ether oxygens (including phenoxy) is 2. The van der Waals surface area contributed by atoms with Gasteiger partial charge in [0.1, 0.15) is 6.79 Å². The number of amides is 1. The first-order chi connectivity index (χ1) is 7.61. The molecule has 96 valence electrons. The maximum atomic E-state index is 11.8. The quantitative estimate of drug-likeness (QED) is 0.487. The SMILES string of the molecule is CCCC(CCOCOC)C(=O)NC(C)C. The highest BCUT2D eigenvalue weighted by Gasteiger charge is 2.17. The fourth-order valence-corrected chi connectivity index (χ4v) is 1.53. The zero-order chi connectivity index (χ0) is 12.4. The van der Waals surface area contributed by atoms with Crippen LogP contribution in [0.4, 0.5) is 0 Å². The second-order valence-corrected chi connectivity index (χ2v) is 4.25. The molecule has 4 nitrogen and oxygen atoms in total. The molecule has 0 saturated carbocycles. The van der Waals surface area contributed by atoms with E-state index in [1.165, 1.54) is 0 Å². The van der Waals surface area contributed by atoms with E-state index in [0.29, 0.717) is 13.4 Å². The molecular weight excluding hydrogens is 206 g/mol. The molecule has 4 heteroatoms. The molecule has 0 heterocycles. The van der Waals surface area contributed by atoms with Gasteiger partial charge in [-0.05, 0) is 26.7 Å². The topological polar surface area (TPSA) is 47.6 Å². The Balaban J connectivity index is 3.90. The van der Waals surface area contributed by atoms with Crippen LogP contribution in [0.1, 0.15) is 40.0 Å². The molecule has 0 aromatic rings. The van der Waals surface area contributed by atoms with Crippen LogP contribution in [0.2, 0.25) is 0 Å². The van der Waals surface area contributed by atoms with E-state index in [9.17, 15) is 4.79 Å². The Morgan fingerprint density at radius 1 is 1.31 bits per heavy atom. The Kier molecular flexibility index (Phi) is 9.24. The number of carbonyl (C=O) groups excluding carboxylic acids is 1. The van der Waals surface area contributed by atoms with Crippen LogP contribution in [-0.4, -0.2) is 32.5 Å². The summed E-state index contributed by atoms with van der Waals surface area (Å²) in [5.41, 5.74) is 0. The van der Waals surface area contributed by atoms with E-state index in [-0.39, 0.29) is 17.9 Å². The molecule has 0 rings (SSSR count). The average molecular weight is 231 g/mol. The van der Waals surface area contributed by atoms with Gasteiger partial charge >= 0.3 is 0 Å². The van der Waals surface area contributed by atoms with E-state index in [1.807, 2.05) is 13.8 Å². The fourth-order valence-electron chi connectivity index (χ4n) is 1.53. The number of carbonyl (C=O) groups is 1. The molecule has 0 aromatic carbocycles. The minimum absolute atomic E-state index is 0.0595. The molecule has 16 heavy (non-hydrogen) atoms. The molecule has 1 unspecified atom stereocenters. The second kappa shape index (κ2) is 9.60. The predicted octanol–water partition coefficient (Wildman–Crippen LogP) is 1.94. The fraction of sp³-hybridized carbons (Fsp3) is 0.917. The number of rotatable bonds is 9. The Morgan fingerprint density at radius 2 is 2.00 bits per heavy atom. The lowest BCUT2D eigenvalue weighted by atomic mass is 9.99. The number of hydrogen-bond donors (Lipinski definition) is 1. The molecule has 0 bridgehead atoms. The van der Waals surface area contributed by atoms with Crippen LogP contribution in [0.25, 0.3) is 0 Å². The summed E-state index contributed by atoms with van der Waals surface area (Å²) in [5, 5.41) is 2.94. The van der Waals surface area contributed by atoms with E-state index in [1.54, 1.807) is 7.11 Å². The molecule has 1 amide bonds. The summed E-state index contributed by atoms with van der Waals surface area (Å²) in [4.78, 5) is 11.8. The van der Waals surface area contributed by atoms with Gasteiger partial charge < -0.3 is 14.8 Å². The first-order valence-corrected chi connectivity index (χ1v) is 5.98. The van der Waals surface area contributed by atoms with Crippen LogP contribution < -0.4 is 5.32 Å². The molecule has 0 spiro atoms. The highest BCUT2D eigenvalue weighted by Crippen LogP contribution is 2.12. The monoisotopic (exact) mass is 231 g/mol. The predicted molar refractivity (Wildman–Crippen MR) is 64.1 cm³/mol. The summed E-state index contributed by atoms with van der Waals surface area (Å²) in [6.07, 6.45) is 2.69. The van der Waals surface area contributed by atoms with Gasteiger partial charge in [0.15, 0.2) is 0 Å². The summed E-state index contributed by atoms with van der Waals surface area (Å²) >= 11 is 0. The van der Waals surface area contributed by atoms with E-state index < -0.39 is 0 Å². The van der Waals surface area contributed by atoms with Crippen molar-refractivity contribution in [2.75, 3.05) is 20.5 Å². The standard InChI is InChI=1S/C12H25NO3/c1-5-6-11(7-8-16-9-15-4)12(14)13-10(2)3/h10-11H,5-9H2,1-4H3,(H,13,14). The lowest BCUT2D eigenvalue weighted by molar-refractivity contribution is -0.126. The molecule has 0 aliphatic carbocycles. The van der Waals surface area contributed by atoms with E-state index >= 15 is 0 Å². The lowest BCUT2D eigenvalue weighted by Crippen LogP contribution is -2.36. The first kappa shape index (κ1) is 15.4. The van der Waals surface area contributed by atoms with Gasteiger partial charge in [-0.1, -0.05) is 13.3 Å². The minimum Gasteiger partial charge on any atom is -0.359 e. The van der Waals surface area contributed by atoms with Crippen molar-refractivity contribution in [2.24, 2.45) is 5.92 Å². The molecule has 1 atom stereocenters. The maximum absolute atomic E-state index is 11.8. The van der Waals surface area contributed by atoms with E-state index in [0.717, 1.165) is 19.3 Å². The van der Waals surface area contributed by atoms with Gasteiger partial charge in [0, 0.05) is 19.1 Å². The molecule has 0 fully saturated rings. The van der Waals surface area contributed by atoms with Crippen LogP contribution in [0.5, 0.6) is 0 Å². The Morgan fingerprint density at radius 3 is 2.50 bits per heavy atom. The van der Waals surface area contributed by atoms with Gasteiger partial charge in [-0.15, -0.1) is 0 Å². The third-order valence-electron chi connectivity index (χ3n) is 2.25. The number of methoxy groups -OCH3 is 1. The van der Waals surface area contributed by atoms with Crippen LogP contribution in [0.3, 0.4) is 0 Å². The summed E-state index contributed by atoms with van der Waals surface area (Å²) in [7, 11) is 1.59. The van der Waals surface area contributed by atoms with Crippen LogP contribution in [-0.2, 0) is 14.3 Å². The lowest BCUT2D eigenvalue weighted by Gasteiger charge is -2.17. The molecular formula is C12H25NO3. The van der Waals surface area contributed by atoms with Crippen molar-refractivity contribution >= 4 is 5.91 Å². The molecule has 0 aromatic heterocycles. The summed E-state index contributed by atoms with van der Waals surface area (Å²) in [6.45, 7) is 6.91. The van der Waals surface area contributed by atoms with Crippen LogP contribution in [0, 0.1) is 5.92 Å². The van der Waals surface area contributed by atoms with Gasteiger partial charge in [-0.2, -0.15) is 0 Å². The molecule has 0 radical (unpaired) electrons. The van der Waals surface area contributed by atoms with Crippen molar-refractivity contribution in [3.8, 4) is 0 Å². The smallest absolute Gasteiger partial charge is 0.223 e. The van der Waals surface area contributed by atoms with Crippen molar-refractivity contribution in [2.45, 2.75) is 46.1 Å². The molecule has 0 aliphatic heterocycles. The average Bonchev–Trinajstić information content (AvgIpc) is 2.21. The van der Waals surface area contributed by atoms with Gasteiger partial charge in [0.05, 0.1) is 6.61 Å². The van der Waals surface area contributed by atoms with Crippen molar-refractivity contribution in [1.82, 2.24) is 5.32 Å². The molecule has 1 N–H and O–H groups in total. The van der Waals surface area contributed by atoms with Gasteiger partial charge in [-0.25, -0.2) is 0 Å². The van der Waals surface area contributed by atoms with Crippen molar-refractivity contribution in [3.63, 3.8) is 0 Å². The Hall–Kier alpha value is -0.610. The highest BCUT2D eigenvalue weighted by atomic mass is 16.7. The zero-order valence-electron chi connectivity index (χ0n) is 10.9. The normalized spacial score (nSPS) is 12.8. The highest BCUT2D eigenvalue weighted by molar-refractivity contribution is 5.78. The van der Waals surface area contributed by atoms with Crippen molar-refractivity contribution in [1.29, 1.82) is 0 Å². The maximum Gasteiger partial charge on any atom is 0.223 e. The first-order valence-electron chi connectivity index (χ1n) is 5.98. The van der Waals surface area contributed by atoms with Crippen molar-refractivity contribution < 1.29 is 14.3 Å². The van der Waals surface area contributed by atoms with E-state index in [4.69, 9.17) is 9.47 Å². The summed E-state index contributed by atoms with van der Waals surface area (Å²) < 4.78 is 10.00.